The second kappa shape index (κ2) is 7.40. The zero-order valence-corrected chi connectivity index (χ0v) is 14.8. The first-order valence-corrected chi connectivity index (χ1v) is 8.78. The normalized spacial score (nSPS) is 10.9. The molecule has 0 aliphatic carbocycles. The Hall–Kier alpha value is -3.87. The monoisotopic (exact) mass is 375 g/mol. The number of aromatic amines is 1. The molecule has 0 saturated heterocycles. The minimum absolute atomic E-state index is 0.0551. The summed E-state index contributed by atoms with van der Waals surface area (Å²) in [5, 5.41) is 16.4. The van der Waals surface area contributed by atoms with Gasteiger partial charge < -0.3 is 15.0 Å². The van der Waals surface area contributed by atoms with Crippen molar-refractivity contribution < 1.29 is 14.5 Å². The van der Waals surface area contributed by atoms with Crippen molar-refractivity contribution in [3.8, 4) is 5.75 Å². The van der Waals surface area contributed by atoms with Crippen LogP contribution in [0.2, 0.25) is 0 Å². The molecule has 7 nitrogen and oxygen atoms in total. The zero-order chi connectivity index (χ0) is 19.5. The fraction of sp³-hybridized carbons (Fsp3) is 0.0952. The highest BCUT2D eigenvalue weighted by Gasteiger charge is 2.15. The summed E-state index contributed by atoms with van der Waals surface area (Å²) in [4.78, 5) is 25.9. The van der Waals surface area contributed by atoms with E-state index < -0.39 is 4.92 Å². The molecule has 0 radical (unpaired) electrons. The number of benzene rings is 3. The maximum absolute atomic E-state index is 12.5. The van der Waals surface area contributed by atoms with Crippen LogP contribution < -0.4 is 10.1 Å². The third-order valence-corrected chi connectivity index (χ3v) is 4.52. The van der Waals surface area contributed by atoms with Crippen LogP contribution in [0.25, 0.3) is 21.7 Å². The third-order valence-electron chi connectivity index (χ3n) is 4.52. The van der Waals surface area contributed by atoms with Gasteiger partial charge >= 0.3 is 0 Å². The molecule has 0 unspecified atom stereocenters. The number of rotatable bonds is 6. The topological polar surface area (TPSA) is 97.3 Å². The summed E-state index contributed by atoms with van der Waals surface area (Å²) >= 11 is 0. The van der Waals surface area contributed by atoms with E-state index in [2.05, 4.69) is 10.3 Å². The molecule has 7 heteroatoms. The van der Waals surface area contributed by atoms with Gasteiger partial charge in [-0.3, -0.25) is 14.9 Å². The predicted molar refractivity (Wildman–Crippen MR) is 107 cm³/mol. The average molecular weight is 375 g/mol. The van der Waals surface area contributed by atoms with Crippen molar-refractivity contribution >= 4 is 33.3 Å². The predicted octanol–water partition coefficient (Wildman–Crippen LogP) is 4.04. The Bertz CT molecular complexity index is 1180. The standard InChI is InChI=1S/C21H17N3O4/c25-21(18-13-23-19-9-8-15(24(26)27)12-17(18)19)22-10-11-28-20-7-3-5-14-4-1-2-6-16(14)20/h1-9,12-13,23H,10-11H2,(H,22,25). The van der Waals surface area contributed by atoms with Crippen molar-refractivity contribution in [1.82, 2.24) is 10.3 Å². The number of nitro benzene ring substituents is 1. The van der Waals surface area contributed by atoms with Crippen molar-refractivity contribution in [3.05, 3.63) is 82.5 Å². The third kappa shape index (κ3) is 3.37. The van der Waals surface area contributed by atoms with Crippen molar-refractivity contribution in [2.24, 2.45) is 0 Å². The molecule has 1 amide bonds. The Balaban J connectivity index is 1.41. The Kier molecular flexibility index (Phi) is 4.63. The molecule has 0 spiro atoms. The van der Waals surface area contributed by atoms with Gasteiger partial charge in [-0.15, -0.1) is 0 Å². The number of nitrogens with zero attached hydrogens (tertiary/aromatic N) is 1. The first-order valence-electron chi connectivity index (χ1n) is 8.78. The number of fused-ring (bicyclic) bond motifs is 2. The van der Waals surface area contributed by atoms with Gasteiger partial charge in [0.2, 0.25) is 0 Å². The molecule has 1 aromatic heterocycles. The number of nitro groups is 1. The number of non-ortho nitro benzene ring substituents is 1. The smallest absolute Gasteiger partial charge is 0.270 e. The van der Waals surface area contributed by atoms with Gasteiger partial charge in [-0.1, -0.05) is 36.4 Å². The molecule has 0 saturated carbocycles. The van der Waals surface area contributed by atoms with E-state index in [-0.39, 0.29) is 11.6 Å². The number of H-pyrrole nitrogens is 1. The maximum Gasteiger partial charge on any atom is 0.270 e. The number of nitrogens with one attached hydrogen (secondary N) is 2. The van der Waals surface area contributed by atoms with Gasteiger partial charge in [-0.05, 0) is 17.5 Å². The van der Waals surface area contributed by atoms with Crippen molar-refractivity contribution in [2.45, 2.75) is 0 Å². The number of amides is 1. The highest BCUT2D eigenvalue weighted by molar-refractivity contribution is 6.07. The van der Waals surface area contributed by atoms with Gasteiger partial charge in [0.25, 0.3) is 11.6 Å². The van der Waals surface area contributed by atoms with Gasteiger partial charge in [-0.2, -0.15) is 0 Å². The van der Waals surface area contributed by atoms with Gasteiger partial charge in [0.15, 0.2) is 0 Å². The van der Waals surface area contributed by atoms with Crippen LogP contribution in [0.1, 0.15) is 10.4 Å². The first-order chi connectivity index (χ1) is 13.6. The Morgan fingerprint density at radius 3 is 2.75 bits per heavy atom. The van der Waals surface area contributed by atoms with E-state index >= 15 is 0 Å². The van der Waals surface area contributed by atoms with Gasteiger partial charge in [-0.25, -0.2) is 0 Å². The fourth-order valence-corrected chi connectivity index (χ4v) is 3.15. The number of carbonyl (C=O) groups excluding carboxylic acids is 1. The summed E-state index contributed by atoms with van der Waals surface area (Å²) in [6, 6.07) is 18.1. The lowest BCUT2D eigenvalue weighted by atomic mass is 10.1. The number of hydrogen-bond acceptors (Lipinski definition) is 4. The molecule has 4 aromatic rings. The summed E-state index contributed by atoms with van der Waals surface area (Å²) < 4.78 is 5.81. The minimum Gasteiger partial charge on any atom is -0.491 e. The Morgan fingerprint density at radius 2 is 1.89 bits per heavy atom. The Morgan fingerprint density at radius 1 is 1.07 bits per heavy atom. The number of ether oxygens (including phenoxy) is 1. The van der Waals surface area contributed by atoms with Crippen LogP contribution in [-0.4, -0.2) is 29.0 Å². The molecule has 0 aliphatic heterocycles. The molecule has 2 N–H and O–H groups in total. The lowest BCUT2D eigenvalue weighted by Gasteiger charge is -2.10. The summed E-state index contributed by atoms with van der Waals surface area (Å²) in [6.07, 6.45) is 1.55. The lowest BCUT2D eigenvalue weighted by Crippen LogP contribution is -2.27. The van der Waals surface area contributed by atoms with E-state index in [1.807, 2.05) is 42.5 Å². The second-order valence-electron chi connectivity index (χ2n) is 6.27. The molecule has 1 heterocycles. The van der Waals surface area contributed by atoms with E-state index in [0.29, 0.717) is 29.6 Å². The van der Waals surface area contributed by atoms with Crippen LogP contribution in [-0.2, 0) is 0 Å². The van der Waals surface area contributed by atoms with Crippen molar-refractivity contribution in [1.29, 1.82) is 0 Å². The summed E-state index contributed by atoms with van der Waals surface area (Å²) in [5.74, 6) is 0.448. The lowest BCUT2D eigenvalue weighted by molar-refractivity contribution is -0.384. The molecule has 0 atom stereocenters. The molecule has 4 rings (SSSR count). The number of aromatic nitrogens is 1. The molecule has 28 heavy (non-hydrogen) atoms. The van der Waals surface area contributed by atoms with Crippen molar-refractivity contribution in [2.75, 3.05) is 13.2 Å². The molecule has 0 fully saturated rings. The molecule has 0 aliphatic rings. The molecule has 140 valence electrons. The first kappa shape index (κ1) is 17.5. The highest BCUT2D eigenvalue weighted by Crippen LogP contribution is 2.25. The van der Waals surface area contributed by atoms with Gasteiger partial charge in [0.1, 0.15) is 12.4 Å². The molecular weight excluding hydrogens is 358 g/mol. The van der Waals surface area contributed by atoms with E-state index in [0.717, 1.165) is 16.5 Å². The van der Waals surface area contributed by atoms with Crippen LogP contribution in [0.15, 0.2) is 66.9 Å². The van der Waals surface area contributed by atoms with Crippen LogP contribution >= 0.6 is 0 Å². The molecule has 3 aromatic carbocycles. The van der Waals surface area contributed by atoms with Crippen LogP contribution in [0.4, 0.5) is 5.69 Å². The average Bonchev–Trinajstić information content (AvgIpc) is 3.14. The molecular formula is C21H17N3O4. The SMILES string of the molecule is O=C(NCCOc1cccc2ccccc12)c1c[nH]c2ccc([N+](=O)[O-])cc12. The zero-order valence-electron chi connectivity index (χ0n) is 14.8. The Labute approximate surface area is 160 Å². The van der Waals surface area contributed by atoms with E-state index in [4.69, 9.17) is 4.74 Å². The highest BCUT2D eigenvalue weighted by atomic mass is 16.6. The van der Waals surface area contributed by atoms with E-state index in [1.54, 1.807) is 12.3 Å². The fourth-order valence-electron chi connectivity index (χ4n) is 3.15. The number of hydrogen-bond donors (Lipinski definition) is 2. The van der Waals surface area contributed by atoms with Gasteiger partial charge in [0, 0.05) is 34.6 Å². The summed E-state index contributed by atoms with van der Waals surface area (Å²) in [6.45, 7) is 0.617. The van der Waals surface area contributed by atoms with Crippen molar-refractivity contribution in [3.63, 3.8) is 0 Å². The quantitative estimate of drug-likeness (QED) is 0.302. The van der Waals surface area contributed by atoms with Crippen LogP contribution in [0.5, 0.6) is 5.75 Å². The second-order valence-corrected chi connectivity index (χ2v) is 6.27. The van der Waals surface area contributed by atoms with Crippen LogP contribution in [0.3, 0.4) is 0 Å². The number of carbonyl (C=O) groups is 1. The largest absolute Gasteiger partial charge is 0.491 e. The minimum atomic E-state index is -0.480. The van der Waals surface area contributed by atoms with Crippen LogP contribution in [0, 0.1) is 10.1 Å². The van der Waals surface area contributed by atoms with Gasteiger partial charge in [0.05, 0.1) is 17.0 Å². The molecule has 0 bridgehead atoms. The maximum atomic E-state index is 12.5. The summed E-state index contributed by atoms with van der Waals surface area (Å²) in [7, 11) is 0. The van der Waals surface area contributed by atoms with E-state index in [1.165, 1.54) is 12.1 Å². The van der Waals surface area contributed by atoms with E-state index in [9.17, 15) is 14.9 Å². The summed E-state index contributed by atoms with van der Waals surface area (Å²) in [5.41, 5.74) is 0.979.